The number of aromatic nitrogens is 3. The predicted molar refractivity (Wildman–Crippen MR) is 253 cm³/mol. The van der Waals surface area contributed by atoms with E-state index >= 15 is 0 Å². The molecule has 1 aliphatic rings. The Kier molecular flexibility index (Phi) is 20.2. The molecule has 2 aromatic heterocycles. The van der Waals surface area contributed by atoms with Gasteiger partial charge in [-0.25, -0.2) is 24.5 Å². The van der Waals surface area contributed by atoms with Crippen LogP contribution in [0.25, 0.3) is 11.3 Å². The minimum Gasteiger partial charge on any atom is -0.461 e. The topological polar surface area (TPSA) is 153 Å². The number of esters is 2. The SMILES string of the molecule is CCCCCCCCCCC[C@@H](C[C@@H]1OC(=O)[C@H]1CCCCCC)OC(=O)[C@H](CC(C)C)NC(=O)N(c1nccc(-c2cccnc2)n1)c1cc(NC(=O)c2ccccc2)ccc1C. The summed E-state index contributed by atoms with van der Waals surface area (Å²) in [5.74, 6) is -1.14. The third kappa shape index (κ3) is 15.3. The van der Waals surface area contributed by atoms with Gasteiger partial charge in [-0.15, -0.1) is 0 Å². The van der Waals surface area contributed by atoms with E-state index in [4.69, 9.17) is 14.5 Å². The van der Waals surface area contributed by atoms with Crippen molar-refractivity contribution >= 4 is 41.2 Å². The van der Waals surface area contributed by atoms with Crippen LogP contribution in [-0.4, -0.2) is 57.1 Å². The quantitative estimate of drug-likeness (QED) is 0.0440. The van der Waals surface area contributed by atoms with E-state index in [9.17, 15) is 19.2 Å². The molecule has 344 valence electrons. The Balaban J connectivity index is 1.39. The molecule has 4 aromatic rings. The third-order valence-corrected chi connectivity index (χ3v) is 11.8. The van der Waals surface area contributed by atoms with Crippen molar-refractivity contribution in [1.29, 1.82) is 0 Å². The van der Waals surface area contributed by atoms with E-state index in [0.29, 0.717) is 47.5 Å². The van der Waals surface area contributed by atoms with Gasteiger partial charge in [0.15, 0.2) is 0 Å². The molecule has 1 fully saturated rings. The second kappa shape index (κ2) is 26.2. The summed E-state index contributed by atoms with van der Waals surface area (Å²) in [5.41, 5.74) is 3.31. The smallest absolute Gasteiger partial charge is 0.329 e. The molecule has 0 spiro atoms. The van der Waals surface area contributed by atoms with E-state index in [1.54, 1.807) is 67.1 Å². The number of hydrogen-bond donors (Lipinski definition) is 2. The van der Waals surface area contributed by atoms with Gasteiger partial charge in [0.1, 0.15) is 18.2 Å². The monoisotopic (exact) mass is 875 g/mol. The van der Waals surface area contributed by atoms with E-state index < -0.39 is 24.1 Å². The number of anilines is 3. The van der Waals surface area contributed by atoms with E-state index in [1.807, 2.05) is 39.0 Å². The number of carbonyl (C=O) groups excluding carboxylic acids is 4. The maximum absolute atomic E-state index is 14.9. The number of carbonyl (C=O) groups is 4. The molecule has 3 amide bonds. The molecule has 64 heavy (non-hydrogen) atoms. The molecule has 0 aliphatic carbocycles. The van der Waals surface area contributed by atoms with Crippen LogP contribution in [0, 0.1) is 18.8 Å². The number of ether oxygens (including phenoxy) is 2. The number of hydrogen-bond acceptors (Lipinski definition) is 9. The van der Waals surface area contributed by atoms with E-state index in [-0.39, 0.29) is 35.8 Å². The van der Waals surface area contributed by atoms with Gasteiger partial charge in [0, 0.05) is 41.8 Å². The van der Waals surface area contributed by atoms with Crippen LogP contribution in [0.1, 0.15) is 153 Å². The molecule has 1 saturated heterocycles. The Morgan fingerprint density at radius 2 is 1.53 bits per heavy atom. The largest absolute Gasteiger partial charge is 0.461 e. The normalized spacial score (nSPS) is 15.4. The van der Waals surface area contributed by atoms with Gasteiger partial charge in [0.25, 0.3) is 5.91 Å². The molecule has 12 nitrogen and oxygen atoms in total. The molecular formula is C52H70N6O6. The summed E-state index contributed by atoms with van der Waals surface area (Å²) in [7, 11) is 0. The van der Waals surface area contributed by atoms with Gasteiger partial charge in [-0.05, 0) is 86.6 Å². The highest BCUT2D eigenvalue weighted by Crippen LogP contribution is 2.34. The summed E-state index contributed by atoms with van der Waals surface area (Å²) in [6.45, 7) is 10.2. The molecule has 12 heteroatoms. The molecule has 4 atom stereocenters. The number of amides is 3. The number of cyclic esters (lactones) is 1. The van der Waals surface area contributed by atoms with E-state index in [0.717, 1.165) is 56.9 Å². The van der Waals surface area contributed by atoms with Gasteiger partial charge in [-0.2, -0.15) is 0 Å². The van der Waals surface area contributed by atoms with Gasteiger partial charge >= 0.3 is 18.0 Å². The second-order valence-electron chi connectivity index (χ2n) is 17.6. The number of pyridine rings is 1. The van der Waals surface area contributed by atoms with Gasteiger partial charge in [0.05, 0.1) is 17.3 Å². The maximum atomic E-state index is 14.9. The highest BCUT2D eigenvalue weighted by molar-refractivity contribution is 6.05. The number of benzene rings is 2. The molecule has 2 N–H and O–H groups in total. The summed E-state index contributed by atoms with van der Waals surface area (Å²) in [4.78, 5) is 70.1. The Hall–Kier alpha value is -5.65. The van der Waals surface area contributed by atoms with Crippen LogP contribution in [0.4, 0.5) is 22.1 Å². The maximum Gasteiger partial charge on any atom is 0.329 e. The fourth-order valence-electron chi connectivity index (χ4n) is 8.18. The van der Waals surface area contributed by atoms with Crippen molar-refractivity contribution < 1.29 is 28.7 Å². The van der Waals surface area contributed by atoms with E-state index in [2.05, 4.69) is 34.4 Å². The fraction of sp³-hybridized carbons (Fsp3) is 0.519. The standard InChI is InChI=1S/C52H70N6O6/c1-6-8-10-12-13-14-15-16-20-26-42(35-47-43(49(60)64-47)27-21-11-9-7-2)63-50(61)45(33-37(3)4)57-52(62)58(51-54-32-30-44(56-51)40-25-22-31-53-36-40)46-34-41(29-28-38(46)5)55-48(59)39-23-18-17-19-24-39/h17-19,22-25,28-32,34,36-37,42-43,45,47H,6-16,20-21,26-27,33,35H2,1-5H3,(H,55,59)(H,57,62)/t42-,43-,45-,47-/m0/s1. The fourth-order valence-corrected chi connectivity index (χ4v) is 8.18. The summed E-state index contributed by atoms with van der Waals surface area (Å²) in [6.07, 6.45) is 21.1. The lowest BCUT2D eigenvalue weighted by Crippen LogP contribution is -2.50. The lowest BCUT2D eigenvalue weighted by molar-refractivity contribution is -0.190. The average Bonchev–Trinajstić information content (AvgIpc) is 3.29. The zero-order valence-electron chi connectivity index (χ0n) is 38.7. The number of nitrogens with one attached hydrogen (secondary N) is 2. The molecule has 1 aliphatic heterocycles. The average molecular weight is 875 g/mol. The summed E-state index contributed by atoms with van der Waals surface area (Å²) >= 11 is 0. The van der Waals surface area contributed by atoms with Crippen molar-refractivity contribution in [3.8, 4) is 11.3 Å². The highest BCUT2D eigenvalue weighted by atomic mass is 16.6. The lowest BCUT2D eigenvalue weighted by atomic mass is 9.86. The van der Waals surface area contributed by atoms with Crippen LogP contribution in [0.5, 0.6) is 0 Å². The zero-order valence-corrected chi connectivity index (χ0v) is 38.7. The van der Waals surface area contributed by atoms with Gasteiger partial charge in [-0.3, -0.25) is 14.6 Å². The van der Waals surface area contributed by atoms with Gasteiger partial charge in [-0.1, -0.05) is 129 Å². The van der Waals surface area contributed by atoms with Crippen LogP contribution in [0.2, 0.25) is 0 Å². The van der Waals surface area contributed by atoms with E-state index in [1.165, 1.54) is 43.4 Å². The van der Waals surface area contributed by atoms with Gasteiger partial charge in [0.2, 0.25) is 5.95 Å². The first kappa shape index (κ1) is 49.4. The molecular weight excluding hydrogens is 805 g/mol. The van der Waals surface area contributed by atoms with Crippen LogP contribution >= 0.6 is 0 Å². The Bertz CT molecular complexity index is 2060. The van der Waals surface area contributed by atoms with Crippen LogP contribution in [0.15, 0.2) is 85.3 Å². The molecule has 2 aromatic carbocycles. The molecule has 0 radical (unpaired) electrons. The predicted octanol–water partition coefficient (Wildman–Crippen LogP) is 12.1. The first-order chi connectivity index (χ1) is 31.1. The highest BCUT2D eigenvalue weighted by Gasteiger charge is 2.43. The van der Waals surface area contributed by atoms with Gasteiger partial charge < -0.3 is 20.1 Å². The van der Waals surface area contributed by atoms with Crippen molar-refractivity contribution in [3.63, 3.8) is 0 Å². The molecule has 0 bridgehead atoms. The van der Waals surface area contributed by atoms with Crippen molar-refractivity contribution in [2.75, 3.05) is 10.2 Å². The molecule has 0 saturated carbocycles. The second-order valence-corrected chi connectivity index (χ2v) is 17.6. The van der Waals surface area contributed by atoms with Crippen LogP contribution < -0.4 is 15.5 Å². The third-order valence-electron chi connectivity index (χ3n) is 11.8. The zero-order chi connectivity index (χ0) is 45.7. The van der Waals surface area contributed by atoms with Crippen molar-refractivity contribution in [2.45, 2.75) is 162 Å². The summed E-state index contributed by atoms with van der Waals surface area (Å²) in [6, 6.07) is 17.9. The summed E-state index contributed by atoms with van der Waals surface area (Å²) in [5, 5.41) is 5.96. The minimum absolute atomic E-state index is 0.0191. The van der Waals surface area contributed by atoms with Crippen molar-refractivity contribution in [1.82, 2.24) is 20.3 Å². The number of aryl methyl sites for hydroxylation is 1. The first-order valence-corrected chi connectivity index (χ1v) is 23.8. The summed E-state index contributed by atoms with van der Waals surface area (Å²) < 4.78 is 12.1. The first-order valence-electron chi connectivity index (χ1n) is 23.8. The lowest BCUT2D eigenvalue weighted by Gasteiger charge is -2.37. The Morgan fingerprint density at radius 3 is 2.20 bits per heavy atom. The van der Waals surface area contributed by atoms with Crippen molar-refractivity contribution in [2.24, 2.45) is 11.8 Å². The number of nitrogens with zero attached hydrogens (tertiary/aromatic N) is 4. The molecule has 5 rings (SSSR count). The molecule has 0 unspecified atom stereocenters. The van der Waals surface area contributed by atoms with Crippen LogP contribution in [-0.2, 0) is 19.1 Å². The number of unbranched alkanes of at least 4 members (excludes halogenated alkanes) is 11. The minimum atomic E-state index is -1.02. The number of rotatable bonds is 27. The molecule has 3 heterocycles. The Labute approximate surface area is 380 Å². The Morgan fingerprint density at radius 1 is 0.828 bits per heavy atom. The van der Waals surface area contributed by atoms with Crippen LogP contribution in [0.3, 0.4) is 0 Å². The van der Waals surface area contributed by atoms with Crippen molar-refractivity contribution in [3.05, 3.63) is 96.4 Å². The number of urea groups is 1.